The number of fused-ring (bicyclic) bond motifs is 1. The fourth-order valence-corrected chi connectivity index (χ4v) is 3.77. The van der Waals surface area contributed by atoms with Crippen LogP contribution in [0.3, 0.4) is 0 Å². The first-order chi connectivity index (χ1) is 14.0. The molecule has 7 heteroatoms. The van der Waals surface area contributed by atoms with E-state index in [0.717, 1.165) is 18.8 Å². The van der Waals surface area contributed by atoms with Crippen LogP contribution in [0.2, 0.25) is 0 Å². The van der Waals surface area contributed by atoms with E-state index in [1.165, 1.54) is 4.68 Å². The summed E-state index contributed by atoms with van der Waals surface area (Å²) in [7, 11) is 0. The van der Waals surface area contributed by atoms with Crippen molar-refractivity contribution in [2.45, 2.75) is 20.4 Å². The van der Waals surface area contributed by atoms with Crippen LogP contribution in [0.15, 0.2) is 53.6 Å². The lowest BCUT2D eigenvalue weighted by atomic mass is 10.1. The molecule has 4 rings (SSSR count). The Morgan fingerprint density at radius 1 is 1.03 bits per heavy atom. The van der Waals surface area contributed by atoms with Crippen molar-refractivity contribution in [3.63, 3.8) is 0 Å². The van der Waals surface area contributed by atoms with Gasteiger partial charge in [0.15, 0.2) is 18.1 Å². The van der Waals surface area contributed by atoms with Gasteiger partial charge in [-0.2, -0.15) is 5.10 Å². The number of amides is 1. The van der Waals surface area contributed by atoms with Gasteiger partial charge < -0.3 is 9.80 Å². The number of rotatable bonds is 4. The van der Waals surface area contributed by atoms with E-state index in [-0.39, 0.29) is 17.4 Å². The van der Waals surface area contributed by atoms with Gasteiger partial charge >= 0.3 is 0 Å². The summed E-state index contributed by atoms with van der Waals surface area (Å²) in [6.07, 6.45) is 3.81. The van der Waals surface area contributed by atoms with Crippen LogP contribution in [0.4, 0.5) is 5.69 Å². The molecule has 0 spiro atoms. The SMILES string of the molecule is CC(C)Cn1nc(C(=O)N2CCN(c3cc[nH+]cc3)CC2)c2ccccc2c1=O. The van der Waals surface area contributed by atoms with Gasteiger partial charge in [-0.15, -0.1) is 0 Å². The Kier molecular flexibility index (Phi) is 5.29. The van der Waals surface area contributed by atoms with Crippen LogP contribution in [-0.2, 0) is 6.54 Å². The quantitative estimate of drug-likeness (QED) is 0.679. The largest absolute Gasteiger partial charge is 0.368 e. The Bertz CT molecular complexity index is 1070. The van der Waals surface area contributed by atoms with E-state index < -0.39 is 0 Å². The van der Waals surface area contributed by atoms with Gasteiger partial charge in [0, 0.05) is 55.9 Å². The number of hydrogen-bond donors (Lipinski definition) is 0. The Labute approximate surface area is 169 Å². The predicted octanol–water partition coefficient (Wildman–Crippen LogP) is 1.83. The van der Waals surface area contributed by atoms with E-state index >= 15 is 0 Å². The number of nitrogens with zero attached hydrogens (tertiary/aromatic N) is 4. The van der Waals surface area contributed by atoms with Gasteiger partial charge in [0.25, 0.3) is 11.5 Å². The molecule has 1 N–H and O–H groups in total. The normalized spacial score (nSPS) is 14.6. The van der Waals surface area contributed by atoms with Crippen LogP contribution in [0.5, 0.6) is 0 Å². The van der Waals surface area contributed by atoms with Gasteiger partial charge in [0.1, 0.15) is 0 Å². The minimum Gasteiger partial charge on any atom is -0.368 e. The highest BCUT2D eigenvalue weighted by molar-refractivity contribution is 6.04. The second-order valence-corrected chi connectivity index (χ2v) is 7.81. The molecule has 2 aromatic heterocycles. The molecule has 3 aromatic rings. The van der Waals surface area contributed by atoms with E-state index in [1.54, 1.807) is 6.07 Å². The molecule has 3 heterocycles. The summed E-state index contributed by atoms with van der Waals surface area (Å²) in [6, 6.07) is 11.3. The highest BCUT2D eigenvalue weighted by atomic mass is 16.2. The lowest BCUT2D eigenvalue weighted by Gasteiger charge is -2.35. The molecule has 1 fully saturated rings. The van der Waals surface area contributed by atoms with Gasteiger partial charge in [-0.1, -0.05) is 32.0 Å². The van der Waals surface area contributed by atoms with E-state index in [4.69, 9.17) is 0 Å². The fraction of sp³-hybridized carbons (Fsp3) is 0.364. The van der Waals surface area contributed by atoms with Crippen molar-refractivity contribution < 1.29 is 9.78 Å². The van der Waals surface area contributed by atoms with Gasteiger partial charge in [-0.3, -0.25) is 9.59 Å². The van der Waals surface area contributed by atoms with Crippen molar-refractivity contribution in [3.8, 4) is 0 Å². The third kappa shape index (κ3) is 3.85. The van der Waals surface area contributed by atoms with Crippen molar-refractivity contribution in [1.29, 1.82) is 0 Å². The molecule has 1 aliphatic heterocycles. The number of nitrogens with one attached hydrogen (secondary N) is 1. The first-order valence-electron chi connectivity index (χ1n) is 10.0. The zero-order valence-corrected chi connectivity index (χ0v) is 16.8. The van der Waals surface area contributed by atoms with E-state index in [2.05, 4.69) is 15.0 Å². The maximum atomic E-state index is 13.3. The van der Waals surface area contributed by atoms with Crippen molar-refractivity contribution in [2.75, 3.05) is 31.1 Å². The second kappa shape index (κ2) is 8.03. The van der Waals surface area contributed by atoms with E-state index in [0.29, 0.717) is 36.1 Å². The fourth-order valence-electron chi connectivity index (χ4n) is 3.77. The number of anilines is 1. The molecule has 7 nitrogen and oxygen atoms in total. The summed E-state index contributed by atoms with van der Waals surface area (Å²) in [5, 5.41) is 5.66. The third-order valence-electron chi connectivity index (χ3n) is 5.24. The number of benzene rings is 1. The summed E-state index contributed by atoms with van der Waals surface area (Å²) >= 11 is 0. The average molecular weight is 392 g/mol. The third-order valence-corrected chi connectivity index (χ3v) is 5.24. The van der Waals surface area contributed by atoms with Crippen LogP contribution >= 0.6 is 0 Å². The van der Waals surface area contributed by atoms with Crippen LogP contribution in [0.25, 0.3) is 10.8 Å². The minimum atomic E-state index is -0.142. The van der Waals surface area contributed by atoms with Crippen LogP contribution < -0.4 is 15.4 Å². The first kappa shape index (κ1) is 19.1. The zero-order valence-electron chi connectivity index (χ0n) is 16.8. The molecule has 0 radical (unpaired) electrons. The number of hydrogen-bond acceptors (Lipinski definition) is 4. The molecule has 1 amide bonds. The Hall–Kier alpha value is -3.22. The van der Waals surface area contributed by atoms with Crippen LogP contribution in [0, 0.1) is 5.92 Å². The second-order valence-electron chi connectivity index (χ2n) is 7.81. The maximum Gasteiger partial charge on any atom is 0.275 e. The molecule has 0 aliphatic carbocycles. The number of aromatic amines is 1. The molecular formula is C22H26N5O2+. The molecule has 29 heavy (non-hydrogen) atoms. The highest BCUT2D eigenvalue weighted by Crippen LogP contribution is 2.19. The summed E-state index contributed by atoms with van der Waals surface area (Å²) in [6.45, 7) is 7.33. The predicted molar refractivity (Wildman–Crippen MR) is 112 cm³/mol. The van der Waals surface area contributed by atoms with Gasteiger partial charge in [0.05, 0.1) is 5.39 Å². The first-order valence-corrected chi connectivity index (χ1v) is 10.0. The lowest BCUT2D eigenvalue weighted by Crippen LogP contribution is -2.49. The van der Waals surface area contributed by atoms with Crippen LogP contribution in [-0.4, -0.2) is 46.8 Å². The van der Waals surface area contributed by atoms with Gasteiger partial charge in [-0.05, 0) is 12.0 Å². The average Bonchev–Trinajstić information content (AvgIpc) is 2.76. The van der Waals surface area contributed by atoms with Crippen molar-refractivity contribution in [2.24, 2.45) is 5.92 Å². The van der Waals surface area contributed by atoms with Crippen molar-refractivity contribution in [1.82, 2.24) is 14.7 Å². The number of carbonyl (C=O) groups excluding carboxylic acids is 1. The summed E-state index contributed by atoms with van der Waals surface area (Å²) in [4.78, 5) is 33.2. The van der Waals surface area contributed by atoms with Crippen molar-refractivity contribution in [3.05, 3.63) is 64.8 Å². The maximum absolute atomic E-state index is 13.3. The summed E-state index contributed by atoms with van der Waals surface area (Å²) in [5.41, 5.74) is 1.37. The molecule has 0 atom stereocenters. The smallest absolute Gasteiger partial charge is 0.275 e. The van der Waals surface area contributed by atoms with E-state index in [9.17, 15) is 9.59 Å². The molecule has 1 aromatic carbocycles. The number of H-pyrrole nitrogens is 1. The highest BCUT2D eigenvalue weighted by Gasteiger charge is 2.26. The Balaban J connectivity index is 1.62. The lowest BCUT2D eigenvalue weighted by molar-refractivity contribution is -0.377. The Morgan fingerprint density at radius 2 is 1.69 bits per heavy atom. The topological polar surface area (TPSA) is 72.6 Å². The molecule has 1 aliphatic rings. The zero-order chi connectivity index (χ0) is 20.4. The monoisotopic (exact) mass is 392 g/mol. The van der Waals surface area contributed by atoms with Crippen molar-refractivity contribution >= 4 is 22.4 Å². The molecule has 1 saturated heterocycles. The number of pyridine rings is 1. The molecule has 150 valence electrons. The number of piperazine rings is 1. The molecule has 0 saturated carbocycles. The standard InChI is InChI=1S/C22H25N5O2/c1-16(2)15-27-21(28)19-6-4-3-5-18(19)20(24-27)22(29)26-13-11-25(12-14-26)17-7-9-23-10-8-17/h3-10,16H,11-15H2,1-2H3/p+1. The van der Waals surface area contributed by atoms with Gasteiger partial charge in [-0.25, -0.2) is 9.67 Å². The van der Waals surface area contributed by atoms with Crippen LogP contribution in [0.1, 0.15) is 24.3 Å². The molecule has 0 bridgehead atoms. The summed E-state index contributed by atoms with van der Waals surface area (Å²) < 4.78 is 1.44. The summed E-state index contributed by atoms with van der Waals surface area (Å²) in [5.74, 6) is 0.149. The molecule has 0 unspecified atom stereocenters. The van der Waals surface area contributed by atoms with Gasteiger partial charge in [0.2, 0.25) is 0 Å². The Morgan fingerprint density at radius 3 is 2.34 bits per heavy atom. The molecular weight excluding hydrogens is 366 g/mol. The number of carbonyl (C=O) groups is 1. The minimum absolute atomic E-state index is 0.111. The van der Waals surface area contributed by atoms with E-state index in [1.807, 2.05) is 61.5 Å². The number of aromatic nitrogens is 3.